The van der Waals surface area contributed by atoms with Crippen LogP contribution < -0.4 is 0 Å². The van der Waals surface area contributed by atoms with Crippen molar-refractivity contribution in [1.82, 2.24) is 0 Å². The van der Waals surface area contributed by atoms with Gasteiger partial charge in [-0.15, -0.1) is 0 Å². The van der Waals surface area contributed by atoms with E-state index in [0.717, 1.165) is 24.3 Å². The van der Waals surface area contributed by atoms with Crippen molar-refractivity contribution >= 4 is 27.4 Å². The van der Waals surface area contributed by atoms with Gasteiger partial charge >= 0.3 is 0 Å². The third-order valence-electron chi connectivity index (χ3n) is 3.48. The number of rotatable bonds is 2. The molecule has 0 heterocycles. The fourth-order valence-electron chi connectivity index (χ4n) is 2.46. The van der Waals surface area contributed by atoms with Crippen LogP contribution in [0, 0.1) is 10.1 Å². The average molecular weight is 332 g/mol. The Kier molecular flexibility index (Phi) is 3.13. The molecule has 1 aliphatic rings. The summed E-state index contributed by atoms with van der Waals surface area (Å²) in [6, 6.07) is 6.32. The average Bonchev–Trinajstić information content (AvgIpc) is 2.50. The SMILES string of the molecule is O=C1c2cc(S(=O)(=O)[O-])ccc2C(=O)c2c1cccc2[N+](=O)[O-]. The second-order valence-electron chi connectivity index (χ2n) is 4.78. The van der Waals surface area contributed by atoms with Gasteiger partial charge in [0.15, 0.2) is 5.78 Å². The van der Waals surface area contributed by atoms with E-state index < -0.39 is 37.2 Å². The monoisotopic (exact) mass is 332 g/mol. The number of hydrogen-bond donors (Lipinski definition) is 0. The summed E-state index contributed by atoms with van der Waals surface area (Å²) in [5, 5.41) is 11.0. The van der Waals surface area contributed by atoms with Crippen molar-refractivity contribution in [2.24, 2.45) is 0 Å². The molecule has 0 N–H and O–H groups in total. The van der Waals surface area contributed by atoms with Gasteiger partial charge in [-0.2, -0.15) is 0 Å². The highest BCUT2D eigenvalue weighted by Crippen LogP contribution is 2.33. The van der Waals surface area contributed by atoms with Crippen molar-refractivity contribution < 1.29 is 27.5 Å². The summed E-state index contributed by atoms with van der Waals surface area (Å²) in [5.41, 5.74) is -1.49. The lowest BCUT2D eigenvalue weighted by Crippen LogP contribution is -2.22. The third kappa shape index (κ3) is 2.22. The summed E-state index contributed by atoms with van der Waals surface area (Å²) >= 11 is 0. The van der Waals surface area contributed by atoms with E-state index in [4.69, 9.17) is 0 Å². The van der Waals surface area contributed by atoms with Gasteiger partial charge in [0.1, 0.15) is 15.7 Å². The zero-order chi connectivity index (χ0) is 16.9. The zero-order valence-corrected chi connectivity index (χ0v) is 12.0. The molecular weight excluding hydrogens is 326 g/mol. The number of carbonyl (C=O) groups is 2. The highest BCUT2D eigenvalue weighted by atomic mass is 32.2. The van der Waals surface area contributed by atoms with E-state index in [0.29, 0.717) is 0 Å². The van der Waals surface area contributed by atoms with Crippen LogP contribution in [0.5, 0.6) is 0 Å². The highest BCUT2D eigenvalue weighted by Gasteiger charge is 2.35. The van der Waals surface area contributed by atoms with E-state index >= 15 is 0 Å². The number of benzene rings is 2. The number of nitro benzene ring substituents is 1. The molecule has 3 rings (SSSR count). The summed E-state index contributed by atoms with van der Waals surface area (Å²) in [6.07, 6.45) is 0. The van der Waals surface area contributed by atoms with E-state index in [-0.39, 0.29) is 22.3 Å². The molecule has 0 fully saturated rings. The first kappa shape index (κ1) is 15.0. The number of nitrogens with zero attached hydrogens (tertiary/aromatic N) is 1. The van der Waals surface area contributed by atoms with Crippen molar-refractivity contribution in [3.05, 3.63) is 68.8 Å². The van der Waals surface area contributed by atoms with Gasteiger partial charge in [0, 0.05) is 22.8 Å². The molecular formula is C14H6NO7S-. The van der Waals surface area contributed by atoms with Crippen molar-refractivity contribution in [3.8, 4) is 0 Å². The van der Waals surface area contributed by atoms with E-state index in [1.54, 1.807) is 0 Å². The molecule has 116 valence electrons. The molecule has 0 bridgehead atoms. The predicted molar refractivity (Wildman–Crippen MR) is 74.4 cm³/mol. The van der Waals surface area contributed by atoms with Crippen molar-refractivity contribution in [2.45, 2.75) is 4.90 Å². The van der Waals surface area contributed by atoms with E-state index in [1.807, 2.05) is 0 Å². The van der Waals surface area contributed by atoms with Crippen LogP contribution >= 0.6 is 0 Å². The van der Waals surface area contributed by atoms with Gasteiger partial charge < -0.3 is 4.55 Å². The normalized spacial score (nSPS) is 13.4. The van der Waals surface area contributed by atoms with Gasteiger partial charge in [-0.25, -0.2) is 8.42 Å². The Morgan fingerprint density at radius 2 is 1.61 bits per heavy atom. The molecule has 2 aromatic rings. The summed E-state index contributed by atoms with van der Waals surface area (Å²) in [5.74, 6) is -1.51. The molecule has 8 nitrogen and oxygen atoms in total. The smallest absolute Gasteiger partial charge is 0.281 e. The van der Waals surface area contributed by atoms with Crippen LogP contribution in [-0.4, -0.2) is 29.5 Å². The largest absolute Gasteiger partial charge is 0.744 e. The fraction of sp³-hybridized carbons (Fsp3) is 0. The Balaban J connectivity index is 2.31. The lowest BCUT2D eigenvalue weighted by atomic mass is 9.83. The Morgan fingerprint density at radius 3 is 2.22 bits per heavy atom. The molecule has 9 heteroatoms. The van der Waals surface area contributed by atoms with Crippen molar-refractivity contribution in [3.63, 3.8) is 0 Å². The number of nitro groups is 1. The van der Waals surface area contributed by atoms with Crippen LogP contribution in [0.2, 0.25) is 0 Å². The molecule has 0 amide bonds. The van der Waals surface area contributed by atoms with Gasteiger partial charge in [0.25, 0.3) is 5.69 Å². The third-order valence-corrected chi connectivity index (χ3v) is 4.31. The molecule has 0 aliphatic heterocycles. The highest BCUT2D eigenvalue weighted by molar-refractivity contribution is 7.85. The van der Waals surface area contributed by atoms with E-state index in [1.165, 1.54) is 12.1 Å². The Morgan fingerprint density at radius 1 is 0.913 bits per heavy atom. The molecule has 0 saturated heterocycles. The summed E-state index contributed by atoms with van der Waals surface area (Å²) in [7, 11) is -4.80. The molecule has 0 aromatic heterocycles. The Hall–Kier alpha value is -2.91. The minimum absolute atomic E-state index is 0.177. The molecule has 23 heavy (non-hydrogen) atoms. The Bertz CT molecular complexity index is 1010. The second kappa shape index (κ2) is 4.80. The predicted octanol–water partition coefficient (Wildman–Crippen LogP) is 1.27. The zero-order valence-electron chi connectivity index (χ0n) is 11.2. The second-order valence-corrected chi connectivity index (χ2v) is 6.16. The molecule has 0 spiro atoms. The first-order chi connectivity index (χ1) is 10.7. The number of fused-ring (bicyclic) bond motifs is 2. The maximum atomic E-state index is 12.5. The maximum Gasteiger partial charge on any atom is 0.281 e. The maximum absolute atomic E-state index is 12.5. The number of carbonyl (C=O) groups excluding carboxylic acids is 2. The molecule has 0 radical (unpaired) electrons. The van der Waals surface area contributed by atoms with Crippen molar-refractivity contribution in [1.29, 1.82) is 0 Å². The van der Waals surface area contributed by atoms with Crippen LogP contribution in [0.25, 0.3) is 0 Å². The first-order valence-electron chi connectivity index (χ1n) is 6.18. The van der Waals surface area contributed by atoms with Crippen molar-refractivity contribution in [2.75, 3.05) is 0 Å². The topological polar surface area (TPSA) is 134 Å². The van der Waals surface area contributed by atoms with Crippen LogP contribution in [0.4, 0.5) is 5.69 Å². The summed E-state index contributed by atoms with van der Waals surface area (Å²) in [6.45, 7) is 0. The van der Waals surface area contributed by atoms with E-state index in [2.05, 4.69) is 0 Å². The van der Waals surface area contributed by atoms with Gasteiger partial charge in [0.2, 0.25) is 5.78 Å². The van der Waals surface area contributed by atoms with Gasteiger partial charge in [-0.1, -0.05) is 6.07 Å². The van der Waals surface area contributed by atoms with Gasteiger partial charge in [0.05, 0.1) is 9.82 Å². The molecule has 1 aliphatic carbocycles. The standard InChI is InChI=1S/C14H7NO7S/c16-13-9-2-1-3-11(15(18)19)12(9)14(17)8-5-4-7(6-10(8)13)23(20,21)22/h1-6H,(H,20,21,22)/p-1. The lowest BCUT2D eigenvalue weighted by Gasteiger charge is -2.18. The minimum Gasteiger partial charge on any atom is -0.744 e. The Labute approximate surface area is 129 Å². The van der Waals surface area contributed by atoms with Crippen LogP contribution in [0.1, 0.15) is 31.8 Å². The molecule has 0 saturated carbocycles. The van der Waals surface area contributed by atoms with E-state index in [9.17, 15) is 32.7 Å². The molecule has 0 atom stereocenters. The van der Waals surface area contributed by atoms with Crippen LogP contribution in [-0.2, 0) is 10.1 Å². The first-order valence-corrected chi connectivity index (χ1v) is 7.59. The lowest BCUT2D eigenvalue weighted by molar-refractivity contribution is -0.385. The molecule has 2 aromatic carbocycles. The van der Waals surface area contributed by atoms with Gasteiger partial charge in [-0.3, -0.25) is 19.7 Å². The number of ketones is 2. The fourth-order valence-corrected chi connectivity index (χ4v) is 2.96. The van der Waals surface area contributed by atoms with Crippen LogP contribution in [0.3, 0.4) is 0 Å². The minimum atomic E-state index is -4.80. The number of hydrogen-bond acceptors (Lipinski definition) is 7. The van der Waals surface area contributed by atoms with Crippen LogP contribution in [0.15, 0.2) is 41.3 Å². The van der Waals surface area contributed by atoms with Gasteiger partial charge in [-0.05, 0) is 24.3 Å². The molecule has 0 unspecified atom stereocenters. The quantitative estimate of drug-likeness (QED) is 0.392. The summed E-state index contributed by atoms with van der Waals surface area (Å²) < 4.78 is 33.2. The summed E-state index contributed by atoms with van der Waals surface area (Å²) in [4.78, 5) is 34.5.